The number of amides is 1. The van der Waals surface area contributed by atoms with Gasteiger partial charge in [0.25, 0.3) is 0 Å². The molecule has 21 heavy (non-hydrogen) atoms. The van der Waals surface area contributed by atoms with Crippen molar-refractivity contribution >= 4 is 34.8 Å². The lowest BCUT2D eigenvalue weighted by atomic mass is 10.1. The molecule has 0 unspecified atom stereocenters. The van der Waals surface area contributed by atoms with Gasteiger partial charge < -0.3 is 10.1 Å². The quantitative estimate of drug-likeness (QED) is 0.900. The molecule has 0 aliphatic rings. The predicted octanol–water partition coefficient (Wildman–Crippen LogP) is 4.49. The average molecular weight is 324 g/mol. The second-order valence-electron chi connectivity index (χ2n) is 4.68. The van der Waals surface area contributed by atoms with Gasteiger partial charge in [0.1, 0.15) is 5.75 Å². The summed E-state index contributed by atoms with van der Waals surface area (Å²) < 4.78 is 5.23. The van der Waals surface area contributed by atoms with Gasteiger partial charge >= 0.3 is 0 Å². The number of halogens is 2. The lowest BCUT2D eigenvalue weighted by molar-refractivity contribution is -0.115. The molecule has 0 heterocycles. The van der Waals surface area contributed by atoms with Crippen molar-refractivity contribution in [3.05, 3.63) is 57.6 Å². The molecule has 3 nitrogen and oxygen atoms in total. The number of methoxy groups -OCH3 is 1. The normalized spacial score (nSPS) is 10.3. The van der Waals surface area contributed by atoms with Crippen LogP contribution in [0.15, 0.2) is 36.4 Å². The molecular weight excluding hydrogens is 309 g/mol. The molecule has 0 atom stereocenters. The maximum absolute atomic E-state index is 12.1. The predicted molar refractivity (Wildman–Crippen MR) is 86.5 cm³/mol. The van der Waals surface area contributed by atoms with Gasteiger partial charge in [0.15, 0.2) is 0 Å². The lowest BCUT2D eigenvalue weighted by Crippen LogP contribution is -2.15. The highest BCUT2D eigenvalue weighted by Crippen LogP contribution is 2.26. The fraction of sp³-hybridized carbons (Fsp3) is 0.188. The fourth-order valence-electron chi connectivity index (χ4n) is 1.95. The van der Waals surface area contributed by atoms with E-state index in [1.54, 1.807) is 25.3 Å². The molecule has 0 saturated carbocycles. The van der Waals surface area contributed by atoms with E-state index >= 15 is 0 Å². The molecule has 1 amide bonds. The van der Waals surface area contributed by atoms with Gasteiger partial charge in [-0.25, -0.2) is 0 Å². The summed E-state index contributed by atoms with van der Waals surface area (Å²) in [6.45, 7) is 1.95. The summed E-state index contributed by atoms with van der Waals surface area (Å²) in [5, 5.41) is 3.76. The highest BCUT2D eigenvalue weighted by molar-refractivity contribution is 6.42. The highest BCUT2D eigenvalue weighted by atomic mass is 35.5. The Morgan fingerprint density at radius 2 is 1.90 bits per heavy atom. The van der Waals surface area contributed by atoms with Gasteiger partial charge in [-0.1, -0.05) is 35.3 Å². The summed E-state index contributed by atoms with van der Waals surface area (Å²) in [5.74, 6) is 0.486. The van der Waals surface area contributed by atoms with E-state index in [-0.39, 0.29) is 12.3 Å². The van der Waals surface area contributed by atoms with Gasteiger partial charge in [-0.05, 0) is 42.3 Å². The molecule has 110 valence electrons. The van der Waals surface area contributed by atoms with Crippen LogP contribution in [0.2, 0.25) is 10.0 Å². The summed E-state index contributed by atoms with van der Waals surface area (Å²) in [5.41, 5.74) is 2.50. The Balaban J connectivity index is 2.11. The number of hydrogen-bond donors (Lipinski definition) is 1. The third kappa shape index (κ3) is 4.13. The molecule has 2 aromatic carbocycles. The maximum Gasteiger partial charge on any atom is 0.228 e. The number of carbonyl (C=O) groups excluding carboxylic acids is 1. The first kappa shape index (κ1) is 15.7. The molecule has 0 aliphatic heterocycles. The molecular formula is C16H15Cl2NO2. The number of rotatable bonds is 4. The fourth-order valence-corrected chi connectivity index (χ4v) is 2.27. The summed E-state index contributed by atoms with van der Waals surface area (Å²) in [4.78, 5) is 12.1. The van der Waals surface area contributed by atoms with Gasteiger partial charge in [0.2, 0.25) is 5.91 Å². The van der Waals surface area contributed by atoms with Crippen LogP contribution in [0.5, 0.6) is 5.75 Å². The van der Waals surface area contributed by atoms with Gasteiger partial charge in [-0.3, -0.25) is 4.79 Å². The maximum atomic E-state index is 12.1. The van der Waals surface area contributed by atoms with Crippen LogP contribution in [0.1, 0.15) is 11.1 Å². The van der Waals surface area contributed by atoms with Crippen LogP contribution in [-0.2, 0) is 11.2 Å². The first-order chi connectivity index (χ1) is 9.99. The first-order valence-electron chi connectivity index (χ1n) is 6.38. The van der Waals surface area contributed by atoms with Crippen molar-refractivity contribution in [3.63, 3.8) is 0 Å². The van der Waals surface area contributed by atoms with Crippen LogP contribution >= 0.6 is 23.2 Å². The number of aryl methyl sites for hydroxylation is 1. The summed E-state index contributed by atoms with van der Waals surface area (Å²) >= 11 is 11.8. The summed E-state index contributed by atoms with van der Waals surface area (Å²) in [6.07, 6.45) is 0.216. The molecule has 5 heteroatoms. The van der Waals surface area contributed by atoms with Crippen LogP contribution < -0.4 is 10.1 Å². The molecule has 0 saturated heterocycles. The average Bonchev–Trinajstić information content (AvgIpc) is 2.43. The zero-order valence-electron chi connectivity index (χ0n) is 11.7. The Bertz CT molecular complexity index is 671. The Morgan fingerprint density at radius 1 is 1.14 bits per heavy atom. The summed E-state index contributed by atoms with van der Waals surface area (Å²) in [7, 11) is 1.57. The van der Waals surface area contributed by atoms with E-state index in [1.807, 2.05) is 25.1 Å². The Hall–Kier alpha value is -1.71. The van der Waals surface area contributed by atoms with Crippen LogP contribution in [-0.4, -0.2) is 13.0 Å². The van der Waals surface area contributed by atoms with Crippen molar-refractivity contribution in [2.75, 3.05) is 12.4 Å². The zero-order valence-corrected chi connectivity index (χ0v) is 13.3. The highest BCUT2D eigenvalue weighted by Gasteiger charge is 2.09. The smallest absolute Gasteiger partial charge is 0.228 e. The van der Waals surface area contributed by atoms with Gasteiger partial charge in [0, 0.05) is 0 Å². The molecule has 0 aliphatic carbocycles. The minimum Gasteiger partial charge on any atom is -0.495 e. The third-order valence-electron chi connectivity index (χ3n) is 2.98. The van der Waals surface area contributed by atoms with Gasteiger partial charge in [-0.2, -0.15) is 0 Å². The molecule has 0 radical (unpaired) electrons. The van der Waals surface area contributed by atoms with E-state index in [4.69, 9.17) is 27.9 Å². The second-order valence-corrected chi connectivity index (χ2v) is 5.49. The number of ether oxygens (including phenoxy) is 1. The van der Waals surface area contributed by atoms with Crippen LogP contribution in [0.3, 0.4) is 0 Å². The molecule has 0 spiro atoms. The lowest BCUT2D eigenvalue weighted by Gasteiger charge is -2.11. The molecule has 0 aromatic heterocycles. The van der Waals surface area contributed by atoms with Crippen molar-refractivity contribution in [3.8, 4) is 5.75 Å². The van der Waals surface area contributed by atoms with E-state index in [1.165, 1.54) is 0 Å². The van der Waals surface area contributed by atoms with E-state index in [2.05, 4.69) is 5.32 Å². The topological polar surface area (TPSA) is 38.3 Å². The van der Waals surface area contributed by atoms with Crippen molar-refractivity contribution < 1.29 is 9.53 Å². The second kappa shape index (κ2) is 6.83. The number of hydrogen-bond acceptors (Lipinski definition) is 2. The van der Waals surface area contributed by atoms with Crippen molar-refractivity contribution in [2.45, 2.75) is 13.3 Å². The Morgan fingerprint density at radius 3 is 2.57 bits per heavy atom. The number of nitrogens with one attached hydrogen (secondary N) is 1. The molecule has 2 rings (SSSR count). The van der Waals surface area contributed by atoms with Crippen molar-refractivity contribution in [1.29, 1.82) is 0 Å². The Labute approximate surface area is 133 Å². The zero-order chi connectivity index (χ0) is 15.4. The van der Waals surface area contributed by atoms with Crippen molar-refractivity contribution in [1.82, 2.24) is 0 Å². The van der Waals surface area contributed by atoms with Crippen LogP contribution in [0, 0.1) is 6.92 Å². The van der Waals surface area contributed by atoms with Gasteiger partial charge in [-0.15, -0.1) is 0 Å². The monoisotopic (exact) mass is 323 g/mol. The molecule has 0 bridgehead atoms. The van der Waals surface area contributed by atoms with Gasteiger partial charge in [0.05, 0.1) is 29.3 Å². The molecule has 2 aromatic rings. The minimum atomic E-state index is -0.141. The van der Waals surface area contributed by atoms with Crippen LogP contribution in [0.25, 0.3) is 0 Å². The molecule has 1 N–H and O–H groups in total. The largest absolute Gasteiger partial charge is 0.495 e. The molecule has 0 fully saturated rings. The number of anilines is 1. The summed E-state index contributed by atoms with van der Waals surface area (Å²) in [6, 6.07) is 10.8. The number of carbonyl (C=O) groups is 1. The van der Waals surface area contributed by atoms with Crippen LogP contribution in [0.4, 0.5) is 5.69 Å². The minimum absolute atomic E-state index is 0.141. The van der Waals surface area contributed by atoms with E-state index < -0.39 is 0 Å². The number of benzene rings is 2. The van der Waals surface area contributed by atoms with E-state index in [0.717, 1.165) is 11.1 Å². The van der Waals surface area contributed by atoms with E-state index in [9.17, 15) is 4.79 Å². The Kier molecular flexibility index (Phi) is 5.10. The van der Waals surface area contributed by atoms with E-state index in [0.29, 0.717) is 21.5 Å². The SMILES string of the molecule is COc1ccc(C)cc1NC(=O)Cc1ccc(Cl)c(Cl)c1. The standard InChI is InChI=1S/C16H15Cl2NO2/c1-10-3-6-15(21-2)14(7-10)19-16(20)9-11-4-5-12(17)13(18)8-11/h3-8H,9H2,1-2H3,(H,19,20). The van der Waals surface area contributed by atoms with Crippen molar-refractivity contribution in [2.24, 2.45) is 0 Å². The third-order valence-corrected chi connectivity index (χ3v) is 3.72. The first-order valence-corrected chi connectivity index (χ1v) is 7.13.